The van der Waals surface area contributed by atoms with E-state index in [2.05, 4.69) is 27.3 Å². The summed E-state index contributed by atoms with van der Waals surface area (Å²) in [5.74, 6) is 2.78. The first-order chi connectivity index (χ1) is 14.2. The molecule has 0 bridgehead atoms. The van der Waals surface area contributed by atoms with Crippen molar-refractivity contribution in [2.75, 3.05) is 5.32 Å². The Labute approximate surface area is 205 Å². The van der Waals surface area contributed by atoms with E-state index in [1.165, 1.54) is 25.7 Å². The quantitative estimate of drug-likeness (QED) is 0.311. The van der Waals surface area contributed by atoms with Crippen LogP contribution in [0.4, 0.5) is 15.9 Å². The van der Waals surface area contributed by atoms with Gasteiger partial charge in [-0.3, -0.25) is 5.10 Å². The maximum absolute atomic E-state index is 14.4. The molecule has 0 radical (unpaired) electrons. The fourth-order valence-corrected chi connectivity index (χ4v) is 5.36. The molecule has 1 amide bonds. The molecule has 8 heteroatoms. The van der Waals surface area contributed by atoms with Crippen LogP contribution in [0.5, 0.6) is 0 Å². The van der Waals surface area contributed by atoms with Gasteiger partial charge in [0, 0.05) is 28.8 Å². The molecule has 5 nitrogen and oxygen atoms in total. The Morgan fingerprint density at radius 3 is 2.80 bits per heavy atom. The number of nitrogens with zero attached hydrogens (tertiary/aromatic N) is 1. The Balaban J connectivity index is 0.000000242. The second-order valence-electron chi connectivity index (χ2n) is 7.92. The summed E-state index contributed by atoms with van der Waals surface area (Å²) in [5, 5.41) is 13.1. The predicted molar refractivity (Wildman–Crippen MR) is 115 cm³/mol. The molecule has 3 aliphatic rings. The zero-order chi connectivity index (χ0) is 20.1. The van der Waals surface area contributed by atoms with Crippen LogP contribution in [0.2, 0.25) is 0 Å². The molecule has 1 aliphatic heterocycles. The van der Waals surface area contributed by atoms with Gasteiger partial charge in [0.05, 0.1) is 5.69 Å². The Kier molecular flexibility index (Phi) is 9.16. The van der Waals surface area contributed by atoms with Crippen LogP contribution < -0.4 is 10.6 Å². The number of nitrogens with one attached hydrogen (secondary N) is 3. The van der Waals surface area contributed by atoms with Gasteiger partial charge in [-0.25, -0.2) is 4.39 Å². The molecule has 0 spiro atoms. The SMILES string of the molecule is Fc1c(Nc2cc(C3C[CH-]CC3)[nH]n2)ccc2c1CSC2.O=[C-]NC1CCCC1.[U+2]. The van der Waals surface area contributed by atoms with Crippen molar-refractivity contribution in [2.24, 2.45) is 0 Å². The minimum absolute atomic E-state index is 0. The number of aromatic amines is 1. The molecule has 1 aromatic carbocycles. The molecular weight excluding hydrogens is 625 g/mol. The van der Waals surface area contributed by atoms with Gasteiger partial charge in [-0.05, 0) is 36.4 Å². The number of hydrogen-bond acceptors (Lipinski definition) is 4. The maximum Gasteiger partial charge on any atom is 2.00 e. The molecule has 3 N–H and O–H groups in total. The van der Waals surface area contributed by atoms with Gasteiger partial charge in [-0.15, -0.1) is 0 Å². The molecular formula is C22H27FN4OSU. The van der Waals surface area contributed by atoms with Gasteiger partial charge in [0.15, 0.2) is 11.6 Å². The van der Waals surface area contributed by atoms with Crippen molar-refractivity contribution >= 4 is 29.7 Å². The molecule has 158 valence electrons. The third-order valence-corrected chi connectivity index (χ3v) is 6.94. The third-order valence-electron chi connectivity index (χ3n) is 5.93. The molecule has 30 heavy (non-hydrogen) atoms. The standard InChI is InChI=1S/C16H17FN3S.C6H10NO.U/c17-16-12-9-21-8-11(12)5-6-13(16)18-15-7-14(19-20-15)10-3-1-2-4-10;8-5-7-6-3-1-2-4-6;/h1,5-7,10H,2-4,8-9H2,(H2,18,19,20);6H,1-4H2,(H,7,8);/q2*-1;+2. The average Bonchev–Trinajstić information content (AvgIpc) is 3.52. The van der Waals surface area contributed by atoms with Gasteiger partial charge in [0.2, 0.25) is 0 Å². The number of amides is 1. The molecule has 2 heterocycles. The largest absolute Gasteiger partial charge is 2.00 e. The summed E-state index contributed by atoms with van der Waals surface area (Å²) >= 11 is 1.76. The van der Waals surface area contributed by atoms with Crippen molar-refractivity contribution in [3.8, 4) is 0 Å². The summed E-state index contributed by atoms with van der Waals surface area (Å²) < 4.78 is 14.4. The third kappa shape index (κ3) is 5.83. The van der Waals surface area contributed by atoms with E-state index < -0.39 is 0 Å². The van der Waals surface area contributed by atoms with Crippen LogP contribution in [0.25, 0.3) is 0 Å². The molecule has 2 fully saturated rings. The molecule has 2 saturated carbocycles. The first kappa shape index (κ1) is 23.7. The zero-order valence-corrected chi connectivity index (χ0v) is 21.9. The number of thioether (sulfide) groups is 1. The van der Waals surface area contributed by atoms with Gasteiger partial charge in [-0.1, -0.05) is 25.3 Å². The van der Waals surface area contributed by atoms with Crippen LogP contribution >= 0.6 is 11.8 Å². The van der Waals surface area contributed by atoms with Crippen LogP contribution in [0, 0.1) is 43.4 Å². The Hall–Kier alpha value is -0.968. The van der Waals surface area contributed by atoms with Crippen LogP contribution in [0.15, 0.2) is 18.2 Å². The van der Waals surface area contributed by atoms with Gasteiger partial charge < -0.3 is 21.8 Å². The summed E-state index contributed by atoms with van der Waals surface area (Å²) in [5.41, 5.74) is 3.62. The zero-order valence-electron chi connectivity index (χ0n) is 17.0. The van der Waals surface area contributed by atoms with Crippen LogP contribution in [0.1, 0.15) is 67.7 Å². The molecule has 1 atom stereocenters. The summed E-state index contributed by atoms with van der Waals surface area (Å²) in [6.07, 6.45) is 12.3. The summed E-state index contributed by atoms with van der Waals surface area (Å²) in [4.78, 5) is 9.72. The number of rotatable bonds is 5. The first-order valence-corrected chi connectivity index (χ1v) is 11.5. The van der Waals surface area contributed by atoms with Gasteiger partial charge >= 0.3 is 31.1 Å². The Morgan fingerprint density at radius 1 is 1.23 bits per heavy atom. The second kappa shape index (κ2) is 11.6. The van der Waals surface area contributed by atoms with E-state index in [-0.39, 0.29) is 36.9 Å². The van der Waals surface area contributed by atoms with E-state index in [4.69, 9.17) is 0 Å². The number of fused-ring (bicyclic) bond motifs is 1. The van der Waals surface area contributed by atoms with Gasteiger partial charge in [0.25, 0.3) is 0 Å². The van der Waals surface area contributed by atoms with E-state index >= 15 is 0 Å². The van der Waals surface area contributed by atoms with Crippen LogP contribution in [-0.2, 0) is 16.3 Å². The Morgan fingerprint density at radius 2 is 2.07 bits per heavy atom. The number of aromatic nitrogens is 2. The van der Waals surface area contributed by atoms with Crippen molar-refractivity contribution in [3.05, 3.63) is 47.3 Å². The van der Waals surface area contributed by atoms with Crippen LogP contribution in [-0.4, -0.2) is 22.6 Å². The molecule has 1 aromatic heterocycles. The Bertz CT molecular complexity index is 835. The molecule has 1 unspecified atom stereocenters. The fourth-order valence-electron chi connectivity index (χ4n) is 4.25. The monoisotopic (exact) mass is 652 g/mol. The number of H-pyrrole nitrogens is 1. The van der Waals surface area contributed by atoms with Crippen molar-refractivity contribution in [3.63, 3.8) is 0 Å². The number of anilines is 2. The van der Waals surface area contributed by atoms with E-state index in [1.807, 2.05) is 18.2 Å². The van der Waals surface area contributed by atoms with Crippen LogP contribution in [0.3, 0.4) is 0 Å². The van der Waals surface area contributed by atoms with E-state index in [0.29, 0.717) is 23.5 Å². The minimum Gasteiger partial charge on any atom is -0.527 e. The fraction of sp³-hybridized carbons (Fsp3) is 0.500. The van der Waals surface area contributed by atoms with Crippen molar-refractivity contribution in [1.82, 2.24) is 15.5 Å². The summed E-state index contributed by atoms with van der Waals surface area (Å²) in [6.45, 7) is 0. The predicted octanol–water partition coefficient (Wildman–Crippen LogP) is 5.10. The first-order valence-electron chi connectivity index (χ1n) is 10.4. The normalized spacial score (nSPS) is 20.1. The van der Waals surface area contributed by atoms with Gasteiger partial charge in [0.1, 0.15) is 0 Å². The van der Waals surface area contributed by atoms with Crippen molar-refractivity contribution in [1.29, 1.82) is 0 Å². The molecule has 2 aliphatic carbocycles. The van der Waals surface area contributed by atoms with Crippen molar-refractivity contribution in [2.45, 2.75) is 68.4 Å². The molecule has 5 rings (SSSR count). The van der Waals surface area contributed by atoms with Crippen molar-refractivity contribution < 1.29 is 40.3 Å². The smallest absolute Gasteiger partial charge is 0.527 e. The topological polar surface area (TPSA) is 69.8 Å². The maximum atomic E-state index is 14.4. The summed E-state index contributed by atoms with van der Waals surface area (Å²) in [6, 6.07) is 6.27. The number of carbonyl (C=O) groups excluding carboxylic acids is 1. The van der Waals surface area contributed by atoms with E-state index in [9.17, 15) is 9.18 Å². The van der Waals surface area contributed by atoms with Gasteiger partial charge in [-0.2, -0.15) is 36.1 Å². The number of halogens is 1. The minimum atomic E-state index is -0.128. The van der Waals surface area contributed by atoms with E-state index in [1.54, 1.807) is 18.2 Å². The summed E-state index contributed by atoms with van der Waals surface area (Å²) in [7, 11) is 0. The average molecular weight is 653 g/mol. The van der Waals surface area contributed by atoms with E-state index in [0.717, 1.165) is 47.6 Å². The molecule has 2 aromatic rings. The second-order valence-corrected chi connectivity index (χ2v) is 8.90. The molecule has 0 saturated heterocycles. The number of hydrogen-bond donors (Lipinski definition) is 3. The number of benzene rings is 1.